The molecule has 1 amide bonds. The van der Waals surface area contributed by atoms with Crippen LogP contribution >= 0.6 is 23.4 Å². The fraction of sp³-hybridized carbons (Fsp3) is 0.611. The largest absolute Gasteiger partial charge is 0.347 e. The van der Waals surface area contributed by atoms with E-state index in [0.29, 0.717) is 24.8 Å². The predicted octanol–water partition coefficient (Wildman–Crippen LogP) is 3.82. The Morgan fingerprint density at radius 3 is 2.79 bits per heavy atom. The first-order valence-electron chi connectivity index (χ1n) is 8.47. The Bertz CT molecular complexity index is 591. The zero-order valence-corrected chi connectivity index (χ0v) is 15.7. The van der Waals surface area contributed by atoms with E-state index in [2.05, 4.69) is 0 Å². The monoisotopic (exact) mass is 369 g/mol. The summed E-state index contributed by atoms with van der Waals surface area (Å²) < 4.78 is 11.6. The van der Waals surface area contributed by atoms with Crippen molar-refractivity contribution in [1.29, 1.82) is 0 Å². The molecule has 0 radical (unpaired) electrons. The summed E-state index contributed by atoms with van der Waals surface area (Å²) in [5, 5.41) is 0.529. The highest BCUT2D eigenvalue weighted by Gasteiger charge is 2.43. The smallest absolute Gasteiger partial charge is 0.235 e. The first-order valence-corrected chi connectivity index (χ1v) is 9.73. The van der Waals surface area contributed by atoms with Crippen LogP contribution in [0.15, 0.2) is 29.2 Å². The lowest BCUT2D eigenvalue weighted by atomic mass is 9.90. The van der Waals surface area contributed by atoms with Gasteiger partial charge in [0.25, 0.3) is 0 Å². The van der Waals surface area contributed by atoms with Gasteiger partial charge in [-0.15, -0.1) is 11.8 Å². The van der Waals surface area contributed by atoms with Gasteiger partial charge in [-0.1, -0.05) is 23.7 Å². The molecule has 2 aliphatic rings. The molecular weight excluding hydrogens is 346 g/mol. The number of nitrogens with zero attached hydrogens (tertiary/aromatic N) is 1. The predicted molar refractivity (Wildman–Crippen MR) is 96.4 cm³/mol. The van der Waals surface area contributed by atoms with Crippen LogP contribution in [0, 0.1) is 5.92 Å². The summed E-state index contributed by atoms with van der Waals surface area (Å²) in [7, 11) is 0. The van der Waals surface area contributed by atoms with Gasteiger partial charge in [0.05, 0.1) is 23.5 Å². The summed E-state index contributed by atoms with van der Waals surface area (Å²) in [6.45, 7) is 6.73. The van der Waals surface area contributed by atoms with E-state index in [9.17, 15) is 4.79 Å². The molecule has 3 rings (SSSR count). The zero-order valence-electron chi connectivity index (χ0n) is 14.2. The van der Waals surface area contributed by atoms with E-state index in [-0.39, 0.29) is 17.1 Å². The van der Waals surface area contributed by atoms with Crippen LogP contribution in [0.2, 0.25) is 5.02 Å². The molecule has 4 nitrogen and oxygen atoms in total. The molecule has 1 aromatic rings. The van der Waals surface area contributed by atoms with E-state index in [1.807, 2.05) is 43.0 Å². The molecule has 6 heteroatoms. The molecule has 0 aromatic heterocycles. The van der Waals surface area contributed by atoms with E-state index in [1.165, 1.54) is 11.8 Å². The molecule has 2 fully saturated rings. The van der Waals surface area contributed by atoms with Crippen molar-refractivity contribution in [3.8, 4) is 0 Å². The standard InChI is InChI=1S/C18H24ClNO3S/c1-13(24-16-8-4-3-7-15(16)19)17(21)20-9-5-6-14(12-20)18(2)22-10-11-23-18/h3-4,7-8,13-14H,5-6,9-12H2,1-2H3/t13-,14-/m1/s1. The SMILES string of the molecule is C[C@@H](Sc1ccccc1Cl)C(=O)N1CCC[C@@H](C2(C)OCCO2)C1. The average molecular weight is 370 g/mol. The van der Waals surface area contributed by atoms with Gasteiger partial charge in [-0.25, -0.2) is 0 Å². The van der Waals surface area contributed by atoms with Crippen molar-refractivity contribution in [2.45, 2.75) is 42.6 Å². The van der Waals surface area contributed by atoms with Crippen LogP contribution in [-0.2, 0) is 14.3 Å². The topological polar surface area (TPSA) is 38.8 Å². The van der Waals surface area contributed by atoms with Crippen molar-refractivity contribution >= 4 is 29.3 Å². The molecule has 0 unspecified atom stereocenters. The van der Waals surface area contributed by atoms with Crippen LogP contribution in [0.5, 0.6) is 0 Å². The van der Waals surface area contributed by atoms with Gasteiger partial charge in [-0.3, -0.25) is 4.79 Å². The maximum Gasteiger partial charge on any atom is 0.235 e. The highest BCUT2D eigenvalue weighted by Crippen LogP contribution is 2.36. The number of amides is 1. The highest BCUT2D eigenvalue weighted by atomic mass is 35.5. The van der Waals surface area contributed by atoms with Crippen molar-refractivity contribution in [2.75, 3.05) is 26.3 Å². The van der Waals surface area contributed by atoms with Crippen LogP contribution in [-0.4, -0.2) is 48.1 Å². The number of carbonyl (C=O) groups excluding carboxylic acids is 1. The number of carbonyl (C=O) groups is 1. The third-order valence-corrected chi connectivity index (χ3v) is 6.43. The van der Waals surface area contributed by atoms with E-state index in [4.69, 9.17) is 21.1 Å². The van der Waals surface area contributed by atoms with Gasteiger partial charge in [0, 0.05) is 23.9 Å². The lowest BCUT2D eigenvalue weighted by Gasteiger charge is -2.40. The van der Waals surface area contributed by atoms with Gasteiger partial charge in [0.2, 0.25) is 5.91 Å². The van der Waals surface area contributed by atoms with Crippen LogP contribution in [0.1, 0.15) is 26.7 Å². The zero-order chi connectivity index (χ0) is 17.2. The molecule has 0 spiro atoms. The molecule has 0 aliphatic carbocycles. The average Bonchev–Trinajstić information content (AvgIpc) is 3.04. The fourth-order valence-corrected chi connectivity index (χ4v) is 4.65. The number of hydrogen-bond donors (Lipinski definition) is 0. The quantitative estimate of drug-likeness (QED) is 0.756. The lowest BCUT2D eigenvalue weighted by Crippen LogP contribution is -2.50. The number of benzene rings is 1. The van der Waals surface area contributed by atoms with E-state index < -0.39 is 5.79 Å². The summed E-state index contributed by atoms with van der Waals surface area (Å²) in [4.78, 5) is 15.8. The Hall–Kier alpha value is -0.750. The molecule has 132 valence electrons. The second-order valence-corrected chi connectivity index (χ2v) is 8.32. The summed E-state index contributed by atoms with van der Waals surface area (Å²) in [6, 6.07) is 7.65. The number of rotatable bonds is 4. The summed E-state index contributed by atoms with van der Waals surface area (Å²) in [5.74, 6) is -0.153. The van der Waals surface area contributed by atoms with Gasteiger partial charge in [0.15, 0.2) is 5.79 Å². The van der Waals surface area contributed by atoms with Crippen LogP contribution in [0.25, 0.3) is 0 Å². The molecule has 24 heavy (non-hydrogen) atoms. The van der Waals surface area contributed by atoms with Crippen molar-refractivity contribution in [3.05, 3.63) is 29.3 Å². The van der Waals surface area contributed by atoms with Crippen LogP contribution in [0.3, 0.4) is 0 Å². The molecule has 0 bridgehead atoms. The lowest BCUT2D eigenvalue weighted by molar-refractivity contribution is -0.192. The molecule has 1 aromatic carbocycles. The van der Waals surface area contributed by atoms with Gasteiger partial charge < -0.3 is 14.4 Å². The van der Waals surface area contributed by atoms with Crippen LogP contribution in [0.4, 0.5) is 0 Å². The van der Waals surface area contributed by atoms with E-state index >= 15 is 0 Å². The minimum absolute atomic E-state index is 0.159. The van der Waals surface area contributed by atoms with Gasteiger partial charge in [0.1, 0.15) is 0 Å². The molecule has 2 atom stereocenters. The summed E-state index contributed by atoms with van der Waals surface area (Å²) in [5.41, 5.74) is 0. The Balaban J connectivity index is 1.62. The third-order valence-electron chi connectivity index (χ3n) is 4.82. The Morgan fingerprint density at radius 1 is 1.38 bits per heavy atom. The first-order chi connectivity index (χ1) is 11.5. The summed E-state index contributed by atoms with van der Waals surface area (Å²) >= 11 is 7.73. The first kappa shape index (κ1) is 18.1. The van der Waals surface area contributed by atoms with Crippen molar-refractivity contribution in [3.63, 3.8) is 0 Å². The summed E-state index contributed by atoms with van der Waals surface area (Å²) in [6.07, 6.45) is 2.02. The van der Waals surface area contributed by atoms with Gasteiger partial charge in [-0.2, -0.15) is 0 Å². The number of halogens is 1. The van der Waals surface area contributed by atoms with Crippen molar-refractivity contribution < 1.29 is 14.3 Å². The van der Waals surface area contributed by atoms with E-state index in [0.717, 1.165) is 24.3 Å². The second-order valence-electron chi connectivity index (χ2n) is 6.53. The van der Waals surface area contributed by atoms with Gasteiger partial charge in [-0.05, 0) is 38.8 Å². The van der Waals surface area contributed by atoms with Gasteiger partial charge >= 0.3 is 0 Å². The number of piperidine rings is 1. The second kappa shape index (κ2) is 7.65. The Morgan fingerprint density at radius 2 is 2.08 bits per heavy atom. The molecule has 2 heterocycles. The fourth-order valence-electron chi connectivity index (χ4n) is 3.41. The van der Waals surface area contributed by atoms with Crippen molar-refractivity contribution in [2.24, 2.45) is 5.92 Å². The van der Waals surface area contributed by atoms with E-state index in [1.54, 1.807) is 0 Å². The highest BCUT2D eigenvalue weighted by molar-refractivity contribution is 8.00. The Kier molecular flexibility index (Phi) is 5.75. The van der Waals surface area contributed by atoms with Crippen LogP contribution < -0.4 is 0 Å². The normalized spacial score (nSPS) is 24.8. The molecule has 2 aliphatic heterocycles. The third kappa shape index (κ3) is 3.90. The minimum Gasteiger partial charge on any atom is -0.347 e. The number of ether oxygens (including phenoxy) is 2. The number of likely N-dealkylation sites (tertiary alicyclic amines) is 1. The number of hydrogen-bond acceptors (Lipinski definition) is 4. The van der Waals surface area contributed by atoms with Crippen molar-refractivity contribution in [1.82, 2.24) is 4.90 Å². The molecule has 2 saturated heterocycles. The number of thioether (sulfide) groups is 1. The maximum atomic E-state index is 12.9. The molecule has 0 saturated carbocycles. The Labute approximate surface area is 152 Å². The maximum absolute atomic E-state index is 12.9. The minimum atomic E-state index is -0.544. The molecule has 0 N–H and O–H groups in total. The molecular formula is C18H24ClNO3S.